The van der Waals surface area contributed by atoms with Gasteiger partial charge >= 0.3 is 8.56 Å². The van der Waals surface area contributed by atoms with Crippen LogP contribution < -0.4 is 0 Å². The molecular formula is C15H38O4Si3. The van der Waals surface area contributed by atoms with Crippen molar-refractivity contribution in [1.29, 1.82) is 0 Å². The molecule has 0 amide bonds. The summed E-state index contributed by atoms with van der Waals surface area (Å²) < 4.78 is 13.0. The molecule has 7 heteroatoms. The van der Waals surface area contributed by atoms with Crippen LogP contribution >= 0.6 is 0 Å². The smallest absolute Gasteiger partial charge is 0.329 e. The van der Waals surface area contributed by atoms with Gasteiger partial charge in [0.2, 0.25) is 8.32 Å². The van der Waals surface area contributed by atoms with Gasteiger partial charge in [-0.2, -0.15) is 0 Å². The lowest BCUT2D eigenvalue weighted by Crippen LogP contribution is -2.54. The molecule has 134 valence electrons. The third-order valence-corrected chi connectivity index (χ3v) is 11.7. The summed E-state index contributed by atoms with van der Waals surface area (Å²) in [7, 11) is -6.88. The molecule has 22 heavy (non-hydrogen) atoms. The van der Waals surface area contributed by atoms with Gasteiger partial charge in [0.1, 0.15) is 0 Å². The lowest BCUT2D eigenvalue weighted by molar-refractivity contribution is 0.0752. The average molecular weight is 367 g/mol. The minimum atomic E-state index is -2.98. The van der Waals surface area contributed by atoms with Crippen LogP contribution in [-0.2, 0) is 8.85 Å². The fraction of sp³-hybridized carbons (Fsp3) is 1.00. The summed E-state index contributed by atoms with van der Waals surface area (Å²) in [6.45, 7) is 19.0. The second kappa shape index (κ2) is 8.04. The molecule has 0 fully saturated rings. The molecule has 0 aromatic rings. The van der Waals surface area contributed by atoms with Crippen molar-refractivity contribution in [3.63, 3.8) is 0 Å². The molecule has 0 heterocycles. The molecule has 4 nitrogen and oxygen atoms in total. The van der Waals surface area contributed by atoms with Crippen molar-refractivity contribution in [2.24, 2.45) is 0 Å². The minimum Gasteiger partial charge on any atom is -0.415 e. The van der Waals surface area contributed by atoms with E-state index in [1.165, 1.54) is 0 Å². The lowest BCUT2D eigenvalue weighted by atomic mass is 10.1. The first-order valence-corrected chi connectivity index (χ1v) is 17.2. The largest absolute Gasteiger partial charge is 0.415 e. The van der Waals surface area contributed by atoms with Crippen molar-refractivity contribution < 1.29 is 18.4 Å². The highest BCUT2D eigenvalue weighted by molar-refractivity contribution is 6.77. The van der Waals surface area contributed by atoms with E-state index in [9.17, 15) is 9.59 Å². The van der Waals surface area contributed by atoms with Gasteiger partial charge in [0, 0.05) is 0 Å². The summed E-state index contributed by atoms with van der Waals surface area (Å²) in [5.41, 5.74) is 0.0465. The van der Waals surface area contributed by atoms with Gasteiger partial charge in [0.15, 0.2) is 8.32 Å². The lowest BCUT2D eigenvalue weighted by Gasteiger charge is -2.42. The summed E-state index contributed by atoms with van der Waals surface area (Å²) in [6.07, 6.45) is 1.93. The van der Waals surface area contributed by atoms with Crippen molar-refractivity contribution in [3.8, 4) is 0 Å². The van der Waals surface area contributed by atoms with Gasteiger partial charge in [-0.1, -0.05) is 13.8 Å². The molecule has 0 aromatic heterocycles. The Morgan fingerprint density at radius 3 is 1.82 bits per heavy atom. The van der Waals surface area contributed by atoms with Gasteiger partial charge < -0.3 is 18.4 Å². The first-order valence-electron chi connectivity index (χ1n) is 8.47. The van der Waals surface area contributed by atoms with Crippen molar-refractivity contribution in [2.75, 3.05) is 0 Å². The maximum Gasteiger partial charge on any atom is 0.329 e. The van der Waals surface area contributed by atoms with Crippen molar-refractivity contribution in [1.82, 2.24) is 0 Å². The van der Waals surface area contributed by atoms with Crippen molar-refractivity contribution >= 4 is 25.2 Å². The van der Waals surface area contributed by atoms with E-state index in [0.717, 1.165) is 18.9 Å². The molecule has 0 saturated heterocycles. The molecule has 1 atom stereocenters. The zero-order chi connectivity index (χ0) is 17.8. The highest BCUT2D eigenvalue weighted by Crippen LogP contribution is 2.29. The van der Waals surface area contributed by atoms with Crippen LogP contribution in [0.5, 0.6) is 0 Å². The SMILES string of the molecule is CCC(O[Si](C)(C)CC[Si](C)(O)O)[Si](C)(C)OC(C)(C)CC. The van der Waals surface area contributed by atoms with Crippen LogP contribution in [-0.4, -0.2) is 46.1 Å². The second-order valence-corrected chi connectivity index (χ2v) is 19.6. The Morgan fingerprint density at radius 2 is 1.45 bits per heavy atom. The van der Waals surface area contributed by atoms with E-state index >= 15 is 0 Å². The van der Waals surface area contributed by atoms with Crippen LogP contribution in [0.2, 0.25) is 44.8 Å². The van der Waals surface area contributed by atoms with Crippen LogP contribution in [0.15, 0.2) is 0 Å². The van der Waals surface area contributed by atoms with E-state index in [-0.39, 0.29) is 11.3 Å². The van der Waals surface area contributed by atoms with E-state index in [0.29, 0.717) is 6.04 Å². The highest BCUT2D eigenvalue weighted by Gasteiger charge is 2.41. The quantitative estimate of drug-likeness (QED) is 0.574. The van der Waals surface area contributed by atoms with Gasteiger partial charge in [-0.25, -0.2) is 0 Å². The van der Waals surface area contributed by atoms with Gasteiger partial charge in [-0.3, -0.25) is 0 Å². The predicted molar refractivity (Wildman–Crippen MR) is 101 cm³/mol. The molecule has 0 rings (SSSR count). The molecule has 0 aliphatic carbocycles. The van der Waals surface area contributed by atoms with Gasteiger partial charge in [0.05, 0.1) is 11.3 Å². The summed E-state index contributed by atoms with van der Waals surface area (Å²) in [5, 5.41) is 0. The monoisotopic (exact) mass is 366 g/mol. The van der Waals surface area contributed by atoms with E-state index in [4.69, 9.17) is 8.85 Å². The Kier molecular flexibility index (Phi) is 8.22. The fourth-order valence-electron chi connectivity index (χ4n) is 2.55. The van der Waals surface area contributed by atoms with Crippen LogP contribution in [0.1, 0.15) is 40.5 Å². The summed E-state index contributed by atoms with van der Waals surface area (Å²) in [4.78, 5) is 19.3. The van der Waals surface area contributed by atoms with Crippen LogP contribution in [0, 0.1) is 0 Å². The molecule has 0 aromatic carbocycles. The number of rotatable bonds is 10. The number of hydrogen-bond donors (Lipinski definition) is 2. The van der Waals surface area contributed by atoms with Crippen molar-refractivity contribution in [2.45, 2.75) is 96.7 Å². The first kappa shape index (κ1) is 22.5. The number of hydrogen-bond acceptors (Lipinski definition) is 4. The molecule has 0 aliphatic heterocycles. The molecule has 1 unspecified atom stereocenters. The molecule has 0 saturated carbocycles. The zero-order valence-electron chi connectivity index (χ0n) is 16.1. The topological polar surface area (TPSA) is 58.9 Å². The van der Waals surface area contributed by atoms with E-state index in [2.05, 4.69) is 53.9 Å². The summed E-state index contributed by atoms with van der Waals surface area (Å²) in [5.74, 6) is 0. The van der Waals surface area contributed by atoms with Gasteiger partial charge in [-0.15, -0.1) is 0 Å². The third-order valence-electron chi connectivity index (χ3n) is 4.20. The Bertz CT molecular complexity index is 338. The van der Waals surface area contributed by atoms with E-state index in [1.54, 1.807) is 6.55 Å². The molecule has 0 spiro atoms. The molecule has 2 N–H and O–H groups in total. The van der Waals surface area contributed by atoms with Crippen LogP contribution in [0.25, 0.3) is 0 Å². The van der Waals surface area contributed by atoms with Gasteiger partial charge in [0.25, 0.3) is 0 Å². The third kappa shape index (κ3) is 8.95. The predicted octanol–water partition coefficient (Wildman–Crippen LogP) is 3.99. The maximum atomic E-state index is 9.66. The fourth-order valence-corrected chi connectivity index (χ4v) is 12.7. The maximum absolute atomic E-state index is 9.66. The van der Waals surface area contributed by atoms with Crippen LogP contribution in [0.3, 0.4) is 0 Å². The zero-order valence-corrected chi connectivity index (χ0v) is 19.1. The Morgan fingerprint density at radius 1 is 0.955 bits per heavy atom. The van der Waals surface area contributed by atoms with E-state index in [1.807, 2.05) is 0 Å². The average Bonchev–Trinajstić information content (AvgIpc) is 2.31. The van der Waals surface area contributed by atoms with Gasteiger partial charge in [-0.05, 0) is 71.5 Å². The van der Waals surface area contributed by atoms with Crippen molar-refractivity contribution in [3.05, 3.63) is 0 Å². The highest BCUT2D eigenvalue weighted by atomic mass is 28.4. The molecule has 0 bridgehead atoms. The normalized spacial score (nSPS) is 16.0. The second-order valence-electron chi connectivity index (χ2n) is 8.31. The first-order chi connectivity index (χ1) is 9.64. The summed E-state index contributed by atoms with van der Waals surface area (Å²) in [6, 6.07) is 1.28. The Hall–Kier alpha value is 0.491. The Labute approximate surface area is 140 Å². The van der Waals surface area contributed by atoms with E-state index < -0.39 is 25.2 Å². The molecule has 0 aliphatic rings. The minimum absolute atomic E-state index is 0.111. The van der Waals surface area contributed by atoms with Crippen LogP contribution in [0.4, 0.5) is 0 Å². The summed E-state index contributed by atoms with van der Waals surface area (Å²) >= 11 is 0. The molecule has 0 radical (unpaired) electrons. The Balaban J connectivity index is 4.88. The molecular weight excluding hydrogens is 328 g/mol. The standard InChI is InChI=1S/C15H38O4Si3/c1-10-14(21(7,8)19-15(3,4)11-2)18-20(5,6)12-13-22(9,16)17/h14,16-17H,10-13H2,1-9H3.